The van der Waals surface area contributed by atoms with Crippen LogP contribution in [0.2, 0.25) is 0 Å². The van der Waals surface area contributed by atoms with Crippen LogP contribution in [0, 0.1) is 18.7 Å². The summed E-state index contributed by atoms with van der Waals surface area (Å²) >= 11 is 0. The Balaban J connectivity index is 3.07. The Kier molecular flexibility index (Phi) is 1.85. The van der Waals surface area contributed by atoms with Crippen LogP contribution in [0.15, 0.2) is 18.2 Å². The van der Waals surface area contributed by atoms with Gasteiger partial charge in [-0.1, -0.05) is 0 Å². The van der Waals surface area contributed by atoms with Crippen LogP contribution in [0.5, 0.6) is 0 Å². The molecule has 1 nitrogen and oxygen atoms in total. The van der Waals surface area contributed by atoms with Gasteiger partial charge in [0.25, 0.3) is 0 Å². The largest absolute Gasteiger partial charge is 0.381 e. The van der Waals surface area contributed by atoms with E-state index in [9.17, 15) is 8.78 Å². The van der Waals surface area contributed by atoms with E-state index in [4.69, 9.17) is 0 Å². The molecule has 0 unspecified atom stereocenters. The molecule has 0 heterocycles. The second-order valence-electron chi connectivity index (χ2n) is 1.80. The standard InChI is InChI=1S/C7H6F2N/c1-10-7-3-2-5(8)4-6(7)9/h2-4,10H,1H2. The van der Waals surface area contributed by atoms with Gasteiger partial charge in [0.05, 0.1) is 5.69 Å². The van der Waals surface area contributed by atoms with E-state index in [0.29, 0.717) is 0 Å². The molecule has 0 saturated carbocycles. The van der Waals surface area contributed by atoms with Gasteiger partial charge in [-0.15, -0.1) is 0 Å². The van der Waals surface area contributed by atoms with E-state index in [-0.39, 0.29) is 5.69 Å². The molecule has 0 amide bonds. The van der Waals surface area contributed by atoms with Gasteiger partial charge in [-0.3, -0.25) is 0 Å². The van der Waals surface area contributed by atoms with Gasteiger partial charge in [0.1, 0.15) is 11.6 Å². The summed E-state index contributed by atoms with van der Waals surface area (Å²) in [6.07, 6.45) is 0. The first kappa shape index (κ1) is 6.99. The highest BCUT2D eigenvalue weighted by Crippen LogP contribution is 2.13. The van der Waals surface area contributed by atoms with Crippen LogP contribution in [0.25, 0.3) is 0 Å². The molecule has 53 valence electrons. The zero-order valence-electron chi connectivity index (χ0n) is 5.20. The number of hydrogen-bond donors (Lipinski definition) is 1. The van der Waals surface area contributed by atoms with Crippen molar-refractivity contribution in [2.45, 2.75) is 0 Å². The van der Waals surface area contributed by atoms with Crippen LogP contribution in [-0.2, 0) is 0 Å². The minimum atomic E-state index is -0.630. The summed E-state index contributed by atoms with van der Waals surface area (Å²) in [5, 5.41) is 2.33. The van der Waals surface area contributed by atoms with E-state index < -0.39 is 11.6 Å². The topological polar surface area (TPSA) is 12.0 Å². The molecule has 0 aliphatic carbocycles. The van der Waals surface area contributed by atoms with Gasteiger partial charge in [-0.2, -0.15) is 0 Å². The van der Waals surface area contributed by atoms with Gasteiger partial charge >= 0.3 is 0 Å². The lowest BCUT2D eigenvalue weighted by molar-refractivity contribution is 0.586. The number of benzene rings is 1. The zero-order chi connectivity index (χ0) is 7.56. The van der Waals surface area contributed by atoms with Gasteiger partial charge in [-0.25, -0.2) is 8.78 Å². The summed E-state index contributed by atoms with van der Waals surface area (Å²) in [5.41, 5.74) is 0.196. The summed E-state index contributed by atoms with van der Waals surface area (Å²) in [6.45, 7) is 0. The van der Waals surface area contributed by atoms with E-state index in [1.807, 2.05) is 0 Å². The summed E-state index contributed by atoms with van der Waals surface area (Å²) in [4.78, 5) is 0. The Labute approximate surface area is 57.7 Å². The second-order valence-corrected chi connectivity index (χ2v) is 1.80. The molecule has 1 radical (unpaired) electrons. The van der Waals surface area contributed by atoms with Crippen molar-refractivity contribution in [2.24, 2.45) is 0 Å². The SMILES string of the molecule is [CH2]Nc1ccc(F)cc1F. The van der Waals surface area contributed by atoms with Crippen LogP contribution in [0.4, 0.5) is 14.5 Å². The number of nitrogens with one attached hydrogen (secondary N) is 1. The molecule has 1 rings (SSSR count). The maximum absolute atomic E-state index is 12.5. The van der Waals surface area contributed by atoms with Crippen LogP contribution in [-0.4, -0.2) is 0 Å². The van der Waals surface area contributed by atoms with E-state index in [1.165, 1.54) is 6.07 Å². The van der Waals surface area contributed by atoms with E-state index in [0.717, 1.165) is 12.1 Å². The lowest BCUT2D eigenvalue weighted by Crippen LogP contribution is -1.89. The molecule has 1 N–H and O–H groups in total. The van der Waals surface area contributed by atoms with Crippen molar-refractivity contribution in [1.82, 2.24) is 0 Å². The minimum absolute atomic E-state index is 0.196. The van der Waals surface area contributed by atoms with Crippen LogP contribution >= 0.6 is 0 Å². The highest BCUT2D eigenvalue weighted by molar-refractivity contribution is 5.44. The average Bonchev–Trinajstić information content (AvgIpc) is 1.88. The van der Waals surface area contributed by atoms with Gasteiger partial charge in [0.2, 0.25) is 0 Å². The van der Waals surface area contributed by atoms with E-state index >= 15 is 0 Å². The smallest absolute Gasteiger partial charge is 0.149 e. The van der Waals surface area contributed by atoms with Gasteiger partial charge in [0.15, 0.2) is 0 Å². The third-order valence-corrected chi connectivity index (χ3v) is 1.12. The molecule has 0 spiro atoms. The fourth-order valence-electron chi connectivity index (χ4n) is 0.633. The Hall–Kier alpha value is -1.12. The highest BCUT2D eigenvalue weighted by Gasteiger charge is 1.99. The Morgan fingerprint density at radius 2 is 2.00 bits per heavy atom. The highest BCUT2D eigenvalue weighted by atomic mass is 19.1. The first-order valence-corrected chi connectivity index (χ1v) is 2.72. The van der Waals surface area contributed by atoms with Crippen molar-refractivity contribution >= 4 is 5.69 Å². The molecular weight excluding hydrogens is 136 g/mol. The molecule has 10 heavy (non-hydrogen) atoms. The number of anilines is 1. The third kappa shape index (κ3) is 1.23. The normalized spacial score (nSPS) is 9.50. The van der Waals surface area contributed by atoms with E-state index in [1.54, 1.807) is 0 Å². The molecule has 1 aromatic carbocycles. The second kappa shape index (κ2) is 2.64. The van der Waals surface area contributed by atoms with Crippen molar-refractivity contribution in [2.75, 3.05) is 5.32 Å². The van der Waals surface area contributed by atoms with Gasteiger partial charge in [0, 0.05) is 13.1 Å². The maximum atomic E-state index is 12.5. The number of rotatable bonds is 1. The zero-order valence-corrected chi connectivity index (χ0v) is 5.20. The molecule has 0 aromatic heterocycles. The lowest BCUT2D eigenvalue weighted by Gasteiger charge is -1.99. The van der Waals surface area contributed by atoms with E-state index in [2.05, 4.69) is 12.4 Å². The monoisotopic (exact) mass is 142 g/mol. The summed E-state index contributed by atoms with van der Waals surface area (Å²) < 4.78 is 24.7. The molecule has 0 fully saturated rings. The van der Waals surface area contributed by atoms with Gasteiger partial charge in [-0.05, 0) is 12.1 Å². The lowest BCUT2D eigenvalue weighted by atomic mass is 10.3. The fraction of sp³-hybridized carbons (Fsp3) is 0. The molecular formula is C7H6F2N. The summed E-state index contributed by atoms with van der Waals surface area (Å²) in [6, 6.07) is 3.25. The Bertz CT molecular complexity index is 235. The Morgan fingerprint density at radius 3 is 2.50 bits per heavy atom. The van der Waals surface area contributed by atoms with Crippen molar-refractivity contribution in [3.63, 3.8) is 0 Å². The number of halogens is 2. The molecule has 0 atom stereocenters. The van der Waals surface area contributed by atoms with Crippen molar-refractivity contribution in [3.8, 4) is 0 Å². The fourth-order valence-corrected chi connectivity index (χ4v) is 0.633. The van der Waals surface area contributed by atoms with Crippen molar-refractivity contribution < 1.29 is 8.78 Å². The van der Waals surface area contributed by atoms with Crippen molar-refractivity contribution in [1.29, 1.82) is 0 Å². The van der Waals surface area contributed by atoms with Crippen LogP contribution in [0.1, 0.15) is 0 Å². The summed E-state index contributed by atoms with van der Waals surface area (Å²) in [5.74, 6) is -1.22. The molecule has 0 bridgehead atoms. The van der Waals surface area contributed by atoms with Crippen LogP contribution in [0.3, 0.4) is 0 Å². The molecule has 0 saturated heterocycles. The first-order valence-electron chi connectivity index (χ1n) is 2.72. The Morgan fingerprint density at radius 1 is 1.30 bits per heavy atom. The molecule has 3 heteroatoms. The van der Waals surface area contributed by atoms with Crippen LogP contribution < -0.4 is 5.32 Å². The molecule has 1 aromatic rings. The third-order valence-electron chi connectivity index (χ3n) is 1.12. The summed E-state index contributed by atoms with van der Waals surface area (Å²) in [7, 11) is 3.23. The number of hydrogen-bond acceptors (Lipinski definition) is 1. The quantitative estimate of drug-likeness (QED) is 0.633. The molecule has 0 aliphatic heterocycles. The average molecular weight is 142 g/mol. The minimum Gasteiger partial charge on any atom is -0.381 e. The predicted molar refractivity (Wildman–Crippen MR) is 35.3 cm³/mol. The first-order chi connectivity index (χ1) is 4.74. The molecule has 0 aliphatic rings. The van der Waals surface area contributed by atoms with Crippen molar-refractivity contribution in [3.05, 3.63) is 36.9 Å². The maximum Gasteiger partial charge on any atom is 0.149 e. The van der Waals surface area contributed by atoms with Gasteiger partial charge < -0.3 is 5.32 Å². The predicted octanol–water partition coefficient (Wildman–Crippen LogP) is 2.17.